The summed E-state index contributed by atoms with van der Waals surface area (Å²) in [6.45, 7) is 7.99. The first-order chi connectivity index (χ1) is 9.28. The van der Waals surface area contributed by atoms with Crippen LogP contribution in [0.4, 0.5) is 0 Å². The van der Waals surface area contributed by atoms with Gasteiger partial charge in [-0.1, -0.05) is 6.92 Å². The minimum Gasteiger partial charge on any atom is -0.316 e. The van der Waals surface area contributed by atoms with E-state index in [-0.39, 0.29) is 0 Å². The van der Waals surface area contributed by atoms with Gasteiger partial charge < -0.3 is 5.32 Å². The standard InChI is InChI=1S/C15H24BrN3/c1-2-5-17-8-13-4-3-6-19(11-13)12-14-7-15(16)10-18-9-14/h7,9-10,13,17H,2-6,8,11-12H2,1H3. The zero-order valence-corrected chi connectivity index (χ0v) is 13.3. The zero-order chi connectivity index (χ0) is 13.5. The molecule has 1 aromatic rings. The van der Waals surface area contributed by atoms with Crippen molar-refractivity contribution in [2.45, 2.75) is 32.7 Å². The Bertz CT molecular complexity index is 383. The molecule has 0 saturated carbocycles. The Morgan fingerprint density at radius 1 is 1.47 bits per heavy atom. The van der Waals surface area contributed by atoms with Gasteiger partial charge in [0.2, 0.25) is 0 Å². The van der Waals surface area contributed by atoms with Crippen molar-refractivity contribution in [3.63, 3.8) is 0 Å². The molecule has 2 rings (SSSR count). The fourth-order valence-corrected chi connectivity index (χ4v) is 3.16. The lowest BCUT2D eigenvalue weighted by molar-refractivity contribution is 0.165. The molecule has 1 aliphatic rings. The Balaban J connectivity index is 1.80. The fraction of sp³-hybridized carbons (Fsp3) is 0.667. The molecular weight excluding hydrogens is 302 g/mol. The normalized spacial score (nSPS) is 20.6. The molecule has 1 unspecified atom stereocenters. The Morgan fingerprint density at radius 2 is 2.37 bits per heavy atom. The number of halogens is 1. The third kappa shape index (κ3) is 5.21. The first-order valence-electron chi connectivity index (χ1n) is 7.30. The predicted molar refractivity (Wildman–Crippen MR) is 83.1 cm³/mol. The third-order valence-electron chi connectivity index (χ3n) is 3.63. The maximum absolute atomic E-state index is 4.24. The van der Waals surface area contributed by atoms with Gasteiger partial charge in [0.1, 0.15) is 0 Å². The van der Waals surface area contributed by atoms with E-state index in [9.17, 15) is 0 Å². The number of nitrogens with one attached hydrogen (secondary N) is 1. The summed E-state index contributed by atoms with van der Waals surface area (Å²) in [6.07, 6.45) is 7.73. The van der Waals surface area contributed by atoms with E-state index >= 15 is 0 Å². The van der Waals surface area contributed by atoms with Gasteiger partial charge in [-0.25, -0.2) is 0 Å². The second-order valence-corrected chi connectivity index (χ2v) is 6.37. The lowest BCUT2D eigenvalue weighted by Crippen LogP contribution is -2.39. The second-order valence-electron chi connectivity index (χ2n) is 5.46. The molecule has 2 heterocycles. The summed E-state index contributed by atoms with van der Waals surface area (Å²) in [7, 11) is 0. The Kier molecular flexibility index (Phi) is 6.28. The highest BCUT2D eigenvalue weighted by Crippen LogP contribution is 2.19. The van der Waals surface area contributed by atoms with E-state index < -0.39 is 0 Å². The van der Waals surface area contributed by atoms with Crippen molar-refractivity contribution in [2.24, 2.45) is 5.92 Å². The van der Waals surface area contributed by atoms with Gasteiger partial charge in [-0.2, -0.15) is 0 Å². The maximum atomic E-state index is 4.24. The number of piperidine rings is 1. The molecule has 106 valence electrons. The van der Waals surface area contributed by atoms with E-state index in [1.807, 2.05) is 12.4 Å². The first kappa shape index (κ1) is 14.9. The summed E-state index contributed by atoms with van der Waals surface area (Å²) >= 11 is 3.49. The predicted octanol–water partition coefficient (Wildman–Crippen LogP) is 3.06. The first-order valence-corrected chi connectivity index (χ1v) is 8.09. The van der Waals surface area contributed by atoms with Crippen LogP contribution in [-0.2, 0) is 6.54 Å². The average molecular weight is 326 g/mol. The second kappa shape index (κ2) is 7.98. The van der Waals surface area contributed by atoms with Crippen LogP contribution < -0.4 is 5.32 Å². The van der Waals surface area contributed by atoms with Gasteiger partial charge in [0.05, 0.1) is 0 Å². The summed E-state index contributed by atoms with van der Waals surface area (Å²) in [5, 5.41) is 3.55. The molecule has 19 heavy (non-hydrogen) atoms. The Labute approximate surface area is 124 Å². The van der Waals surface area contributed by atoms with Gasteiger partial charge >= 0.3 is 0 Å². The van der Waals surface area contributed by atoms with E-state index in [1.165, 1.54) is 44.5 Å². The lowest BCUT2D eigenvalue weighted by atomic mass is 9.97. The molecule has 4 heteroatoms. The van der Waals surface area contributed by atoms with Gasteiger partial charge in [0.25, 0.3) is 0 Å². The van der Waals surface area contributed by atoms with Gasteiger partial charge in [0, 0.05) is 30.0 Å². The van der Waals surface area contributed by atoms with Crippen LogP contribution in [0.5, 0.6) is 0 Å². The van der Waals surface area contributed by atoms with Crippen LogP contribution in [-0.4, -0.2) is 36.1 Å². The van der Waals surface area contributed by atoms with Crippen LogP contribution >= 0.6 is 15.9 Å². The van der Waals surface area contributed by atoms with Crippen molar-refractivity contribution in [3.8, 4) is 0 Å². The average Bonchev–Trinajstić information content (AvgIpc) is 2.39. The molecule has 1 aromatic heterocycles. The van der Waals surface area contributed by atoms with Gasteiger partial charge in [-0.15, -0.1) is 0 Å². The highest BCUT2D eigenvalue weighted by Gasteiger charge is 2.19. The molecule has 0 radical (unpaired) electrons. The minimum absolute atomic E-state index is 0.806. The molecule has 0 spiro atoms. The maximum Gasteiger partial charge on any atom is 0.0410 e. The van der Waals surface area contributed by atoms with Crippen molar-refractivity contribution < 1.29 is 0 Å². The van der Waals surface area contributed by atoms with Crippen LogP contribution in [0.1, 0.15) is 31.7 Å². The molecule has 0 aliphatic carbocycles. The van der Waals surface area contributed by atoms with Crippen LogP contribution in [0.15, 0.2) is 22.9 Å². The molecule has 0 amide bonds. The number of likely N-dealkylation sites (tertiary alicyclic amines) is 1. The smallest absolute Gasteiger partial charge is 0.0410 e. The van der Waals surface area contributed by atoms with E-state index in [4.69, 9.17) is 0 Å². The topological polar surface area (TPSA) is 28.2 Å². The van der Waals surface area contributed by atoms with E-state index in [2.05, 4.69) is 44.1 Å². The number of aromatic nitrogens is 1. The monoisotopic (exact) mass is 325 g/mol. The van der Waals surface area contributed by atoms with E-state index in [1.54, 1.807) is 0 Å². The summed E-state index contributed by atoms with van der Waals surface area (Å²) in [4.78, 5) is 6.80. The number of hydrogen-bond donors (Lipinski definition) is 1. The Hall–Kier alpha value is -0.450. The van der Waals surface area contributed by atoms with Gasteiger partial charge in [-0.05, 0) is 72.4 Å². The van der Waals surface area contributed by atoms with Crippen molar-refractivity contribution in [1.82, 2.24) is 15.2 Å². The summed E-state index contributed by atoms with van der Waals surface area (Å²) in [5.74, 6) is 0.806. The molecule has 0 bridgehead atoms. The number of pyridine rings is 1. The summed E-state index contributed by atoms with van der Waals surface area (Å²) < 4.78 is 1.07. The molecule has 3 nitrogen and oxygen atoms in total. The number of nitrogens with zero attached hydrogens (tertiary/aromatic N) is 2. The number of rotatable bonds is 6. The van der Waals surface area contributed by atoms with Crippen molar-refractivity contribution in [2.75, 3.05) is 26.2 Å². The SMILES string of the molecule is CCCNCC1CCCN(Cc2cncc(Br)c2)C1. The summed E-state index contributed by atoms with van der Waals surface area (Å²) in [6, 6.07) is 2.17. The largest absolute Gasteiger partial charge is 0.316 e. The quantitative estimate of drug-likeness (QED) is 0.815. The molecule has 1 aliphatic heterocycles. The van der Waals surface area contributed by atoms with Gasteiger partial charge in [-0.3, -0.25) is 9.88 Å². The molecule has 1 saturated heterocycles. The minimum atomic E-state index is 0.806. The summed E-state index contributed by atoms with van der Waals surface area (Å²) in [5.41, 5.74) is 1.30. The zero-order valence-electron chi connectivity index (χ0n) is 11.7. The van der Waals surface area contributed by atoms with Crippen LogP contribution in [0.25, 0.3) is 0 Å². The van der Waals surface area contributed by atoms with Gasteiger partial charge in [0.15, 0.2) is 0 Å². The van der Waals surface area contributed by atoms with Crippen LogP contribution in [0.2, 0.25) is 0 Å². The molecule has 1 atom stereocenters. The fourth-order valence-electron chi connectivity index (χ4n) is 2.74. The molecule has 0 aromatic carbocycles. The molecular formula is C15H24BrN3. The highest BCUT2D eigenvalue weighted by molar-refractivity contribution is 9.10. The lowest BCUT2D eigenvalue weighted by Gasteiger charge is -2.32. The Morgan fingerprint density at radius 3 is 3.16 bits per heavy atom. The van der Waals surface area contributed by atoms with Crippen LogP contribution in [0, 0.1) is 5.92 Å². The number of hydrogen-bond acceptors (Lipinski definition) is 3. The van der Waals surface area contributed by atoms with Crippen LogP contribution in [0.3, 0.4) is 0 Å². The van der Waals surface area contributed by atoms with E-state index in [0.717, 1.165) is 23.5 Å². The molecule has 1 fully saturated rings. The van der Waals surface area contributed by atoms with Crippen molar-refractivity contribution in [1.29, 1.82) is 0 Å². The third-order valence-corrected chi connectivity index (χ3v) is 4.06. The van der Waals surface area contributed by atoms with E-state index in [0.29, 0.717) is 0 Å². The molecule has 1 N–H and O–H groups in total. The van der Waals surface area contributed by atoms with Crippen molar-refractivity contribution >= 4 is 15.9 Å². The van der Waals surface area contributed by atoms with Crippen molar-refractivity contribution in [3.05, 3.63) is 28.5 Å². The highest BCUT2D eigenvalue weighted by atomic mass is 79.9.